The van der Waals surface area contributed by atoms with Gasteiger partial charge in [-0.3, -0.25) is 4.79 Å². The molecule has 26 heavy (non-hydrogen) atoms. The first-order chi connectivity index (χ1) is 11.9. The molecule has 2 unspecified atom stereocenters. The monoisotopic (exact) mass is 362 g/mol. The third kappa shape index (κ3) is 3.20. The second kappa shape index (κ2) is 6.74. The Balaban J connectivity index is 2.64. The Labute approximate surface area is 151 Å². The molecule has 2 aromatic rings. The molecule has 2 atom stereocenters. The molecule has 7 heteroatoms. The van der Waals surface area contributed by atoms with Gasteiger partial charge in [0, 0.05) is 29.4 Å². The van der Waals surface area contributed by atoms with Crippen molar-refractivity contribution < 1.29 is 24.9 Å². The Morgan fingerprint density at radius 2 is 1.58 bits per heavy atom. The highest BCUT2D eigenvalue weighted by Crippen LogP contribution is 2.35. The standard InChI is InChI=1S/C19H26N2O5/c1-8-9(2)11(4)16-15(10(8)3)13(12(5)21-16)6-19(26,18(24)25)7-14(20)17(22)23/h14,21,26H,6-7,20H2,1-5H3,(H,22,23)(H,24,25). The van der Waals surface area contributed by atoms with Gasteiger partial charge in [0.15, 0.2) is 5.60 Å². The lowest BCUT2D eigenvalue weighted by molar-refractivity contribution is -0.160. The molecule has 0 aliphatic carbocycles. The van der Waals surface area contributed by atoms with Gasteiger partial charge in [0.2, 0.25) is 0 Å². The summed E-state index contributed by atoms with van der Waals surface area (Å²) in [6.45, 7) is 9.81. The molecule has 0 spiro atoms. The van der Waals surface area contributed by atoms with Crippen molar-refractivity contribution in [3.63, 3.8) is 0 Å². The van der Waals surface area contributed by atoms with Crippen molar-refractivity contribution in [1.82, 2.24) is 4.98 Å². The van der Waals surface area contributed by atoms with Crippen LogP contribution in [0.1, 0.15) is 39.9 Å². The van der Waals surface area contributed by atoms with Crippen LogP contribution in [0.3, 0.4) is 0 Å². The average Bonchev–Trinajstić information content (AvgIpc) is 2.87. The summed E-state index contributed by atoms with van der Waals surface area (Å²) in [6.07, 6.45) is -0.801. The van der Waals surface area contributed by atoms with Gasteiger partial charge in [0.05, 0.1) is 0 Å². The molecule has 1 aromatic heterocycles. The van der Waals surface area contributed by atoms with E-state index < -0.39 is 30.0 Å². The number of aromatic nitrogens is 1. The molecule has 0 radical (unpaired) electrons. The number of aryl methyl sites for hydroxylation is 3. The van der Waals surface area contributed by atoms with E-state index >= 15 is 0 Å². The van der Waals surface area contributed by atoms with Crippen LogP contribution in [0.2, 0.25) is 0 Å². The third-order valence-corrected chi connectivity index (χ3v) is 5.50. The molecule has 0 bridgehead atoms. The normalized spacial score (nSPS) is 15.0. The first-order valence-electron chi connectivity index (χ1n) is 8.42. The number of nitrogens with two attached hydrogens (primary N) is 1. The largest absolute Gasteiger partial charge is 0.480 e. The minimum absolute atomic E-state index is 0.224. The Morgan fingerprint density at radius 1 is 1.04 bits per heavy atom. The molecule has 0 saturated carbocycles. The van der Waals surface area contributed by atoms with E-state index in [4.69, 9.17) is 10.8 Å². The van der Waals surface area contributed by atoms with Crippen LogP contribution in [0.5, 0.6) is 0 Å². The van der Waals surface area contributed by atoms with Crippen LogP contribution in [-0.2, 0) is 16.0 Å². The van der Waals surface area contributed by atoms with Gasteiger partial charge in [-0.1, -0.05) is 0 Å². The number of aliphatic carboxylic acids is 2. The molecular weight excluding hydrogens is 336 g/mol. The molecule has 2 rings (SSSR count). The number of carboxylic acids is 2. The molecule has 142 valence electrons. The number of hydrogen-bond acceptors (Lipinski definition) is 4. The van der Waals surface area contributed by atoms with Gasteiger partial charge in [-0.15, -0.1) is 0 Å². The van der Waals surface area contributed by atoms with Crippen LogP contribution >= 0.6 is 0 Å². The predicted octanol–water partition coefficient (Wildman–Crippen LogP) is 1.87. The van der Waals surface area contributed by atoms with E-state index in [1.54, 1.807) is 0 Å². The molecule has 0 fully saturated rings. The molecule has 0 saturated heterocycles. The Morgan fingerprint density at radius 3 is 2.08 bits per heavy atom. The van der Waals surface area contributed by atoms with Gasteiger partial charge in [0.25, 0.3) is 0 Å². The number of aromatic amines is 1. The molecule has 7 nitrogen and oxygen atoms in total. The second-order valence-electron chi connectivity index (χ2n) is 7.14. The fraction of sp³-hybridized carbons (Fsp3) is 0.474. The fourth-order valence-corrected chi connectivity index (χ4v) is 3.50. The average molecular weight is 362 g/mol. The summed E-state index contributed by atoms with van der Waals surface area (Å²) in [5.41, 5.74) is 9.90. The first-order valence-corrected chi connectivity index (χ1v) is 8.42. The molecule has 0 amide bonds. The van der Waals surface area contributed by atoms with Crippen molar-refractivity contribution in [1.29, 1.82) is 0 Å². The SMILES string of the molecule is Cc1[nH]c2c(C)c(C)c(C)c(C)c2c1CC(O)(CC(N)C(=O)O)C(=O)O. The van der Waals surface area contributed by atoms with Crippen LogP contribution in [0.4, 0.5) is 0 Å². The fourth-order valence-electron chi connectivity index (χ4n) is 3.50. The van der Waals surface area contributed by atoms with Crippen molar-refractivity contribution in [3.8, 4) is 0 Å². The number of aliphatic hydroxyl groups is 1. The Bertz CT molecular complexity index is 899. The van der Waals surface area contributed by atoms with E-state index in [0.29, 0.717) is 5.56 Å². The molecular formula is C19H26N2O5. The number of nitrogens with one attached hydrogen (secondary N) is 1. The van der Waals surface area contributed by atoms with E-state index in [1.807, 2.05) is 34.6 Å². The first kappa shape index (κ1) is 19.9. The van der Waals surface area contributed by atoms with Crippen LogP contribution in [0.25, 0.3) is 10.9 Å². The van der Waals surface area contributed by atoms with E-state index in [2.05, 4.69) is 4.98 Å². The van der Waals surface area contributed by atoms with Crippen molar-refractivity contribution in [2.45, 2.75) is 59.1 Å². The number of carboxylic acid groups (broad SMARTS) is 2. The number of fused-ring (bicyclic) bond motifs is 1. The zero-order valence-electron chi connectivity index (χ0n) is 15.7. The van der Waals surface area contributed by atoms with E-state index in [-0.39, 0.29) is 6.42 Å². The van der Waals surface area contributed by atoms with Gasteiger partial charge in [-0.25, -0.2) is 4.79 Å². The summed E-state index contributed by atoms with van der Waals surface area (Å²) in [7, 11) is 0. The Hall–Kier alpha value is -2.38. The zero-order valence-corrected chi connectivity index (χ0v) is 15.7. The molecule has 1 heterocycles. The number of carbonyl (C=O) groups is 2. The maximum absolute atomic E-state index is 11.7. The highest BCUT2D eigenvalue weighted by atomic mass is 16.4. The van der Waals surface area contributed by atoms with Gasteiger partial charge in [-0.05, 0) is 62.4 Å². The summed E-state index contributed by atoms with van der Waals surface area (Å²) in [6, 6.07) is -1.46. The third-order valence-electron chi connectivity index (χ3n) is 5.50. The molecule has 0 aliphatic rings. The minimum atomic E-state index is -2.27. The van der Waals surface area contributed by atoms with E-state index in [1.165, 1.54) is 0 Å². The van der Waals surface area contributed by atoms with Gasteiger partial charge in [-0.2, -0.15) is 0 Å². The maximum atomic E-state index is 11.7. The van der Waals surface area contributed by atoms with Crippen molar-refractivity contribution >= 4 is 22.8 Å². The van der Waals surface area contributed by atoms with Gasteiger partial charge in [0.1, 0.15) is 6.04 Å². The summed E-state index contributed by atoms with van der Waals surface area (Å²) in [5.74, 6) is -2.83. The summed E-state index contributed by atoms with van der Waals surface area (Å²) >= 11 is 0. The van der Waals surface area contributed by atoms with Crippen molar-refractivity contribution in [2.24, 2.45) is 5.73 Å². The van der Waals surface area contributed by atoms with Crippen molar-refractivity contribution in [2.75, 3.05) is 0 Å². The number of benzene rings is 1. The van der Waals surface area contributed by atoms with Crippen LogP contribution < -0.4 is 5.73 Å². The quantitative estimate of drug-likeness (QED) is 0.532. The summed E-state index contributed by atoms with van der Waals surface area (Å²) < 4.78 is 0. The number of hydrogen-bond donors (Lipinski definition) is 5. The maximum Gasteiger partial charge on any atom is 0.336 e. The molecule has 0 aliphatic heterocycles. The number of rotatable bonds is 6. The topological polar surface area (TPSA) is 137 Å². The number of H-pyrrole nitrogens is 1. The second-order valence-corrected chi connectivity index (χ2v) is 7.14. The van der Waals surface area contributed by atoms with Crippen LogP contribution in [0.15, 0.2) is 0 Å². The minimum Gasteiger partial charge on any atom is -0.480 e. The van der Waals surface area contributed by atoms with Gasteiger partial charge < -0.3 is 26.0 Å². The smallest absolute Gasteiger partial charge is 0.336 e. The van der Waals surface area contributed by atoms with Crippen molar-refractivity contribution in [3.05, 3.63) is 33.5 Å². The van der Waals surface area contributed by atoms with E-state index in [0.717, 1.165) is 38.9 Å². The predicted molar refractivity (Wildman–Crippen MR) is 98.5 cm³/mol. The van der Waals surface area contributed by atoms with Crippen LogP contribution in [-0.4, -0.2) is 43.9 Å². The summed E-state index contributed by atoms with van der Waals surface area (Å²) in [4.78, 5) is 26.0. The molecule has 1 aromatic carbocycles. The Kier molecular flexibility index (Phi) is 5.17. The summed E-state index contributed by atoms with van der Waals surface area (Å²) in [5, 5.41) is 30.1. The van der Waals surface area contributed by atoms with E-state index in [9.17, 15) is 19.8 Å². The van der Waals surface area contributed by atoms with Gasteiger partial charge >= 0.3 is 11.9 Å². The highest BCUT2D eigenvalue weighted by molar-refractivity contribution is 5.93. The molecule has 6 N–H and O–H groups in total. The lowest BCUT2D eigenvalue weighted by Gasteiger charge is -2.25. The zero-order chi connectivity index (χ0) is 20.0. The lowest BCUT2D eigenvalue weighted by Crippen LogP contribution is -2.48. The highest BCUT2D eigenvalue weighted by Gasteiger charge is 2.40. The van der Waals surface area contributed by atoms with Crippen LogP contribution in [0, 0.1) is 34.6 Å². The lowest BCUT2D eigenvalue weighted by atomic mass is 9.85.